The summed E-state index contributed by atoms with van der Waals surface area (Å²) in [5, 5.41) is -1.02. The van der Waals surface area contributed by atoms with E-state index in [1.807, 2.05) is 0 Å². The van der Waals surface area contributed by atoms with Crippen LogP contribution in [0.5, 0.6) is 0 Å². The van der Waals surface area contributed by atoms with E-state index in [9.17, 15) is 17.6 Å². The van der Waals surface area contributed by atoms with Crippen molar-refractivity contribution in [3.8, 4) is 0 Å². The van der Waals surface area contributed by atoms with Crippen molar-refractivity contribution < 1.29 is 17.6 Å². The highest BCUT2D eigenvalue weighted by Crippen LogP contribution is 2.26. The number of hydrogen-bond acceptors (Lipinski definition) is 0. The average molecular weight is 199 g/mol. The minimum absolute atomic E-state index is 0.626. The van der Waals surface area contributed by atoms with E-state index in [4.69, 9.17) is 11.6 Å². The molecule has 0 atom stereocenters. The van der Waals surface area contributed by atoms with Crippen LogP contribution in [0.3, 0.4) is 0 Å². The van der Waals surface area contributed by atoms with Crippen molar-refractivity contribution in [2.24, 2.45) is 0 Å². The van der Waals surface area contributed by atoms with Gasteiger partial charge >= 0.3 is 0 Å². The van der Waals surface area contributed by atoms with Gasteiger partial charge in [-0.15, -0.1) is 0 Å². The summed E-state index contributed by atoms with van der Waals surface area (Å²) >= 11 is 5.00. The molecule has 0 spiro atoms. The second-order valence-electron chi connectivity index (χ2n) is 2.19. The molecular weight excluding hydrogens is 196 g/mol. The quantitative estimate of drug-likeness (QED) is 0.341. The lowest BCUT2D eigenvalue weighted by Crippen LogP contribution is -1.99. The predicted molar refractivity (Wildman–Crippen MR) is 36.0 cm³/mol. The third-order valence-corrected chi connectivity index (χ3v) is 1.76. The van der Waals surface area contributed by atoms with Crippen molar-refractivity contribution in [1.82, 2.24) is 0 Å². The van der Waals surface area contributed by atoms with Gasteiger partial charge in [0, 0.05) is 5.56 Å². The number of halogens is 5. The van der Waals surface area contributed by atoms with E-state index in [-0.39, 0.29) is 0 Å². The lowest BCUT2D eigenvalue weighted by molar-refractivity contribution is 0.429. The van der Waals surface area contributed by atoms with E-state index < -0.39 is 33.9 Å². The SMILES string of the molecule is Cc1c(F)c(F)c(F)c(Cl)c1F. The van der Waals surface area contributed by atoms with Crippen LogP contribution in [-0.2, 0) is 0 Å². The maximum Gasteiger partial charge on any atom is 0.196 e. The van der Waals surface area contributed by atoms with Gasteiger partial charge in [-0.05, 0) is 6.92 Å². The molecule has 0 bridgehead atoms. The maximum atomic E-state index is 12.7. The van der Waals surface area contributed by atoms with Gasteiger partial charge in [-0.3, -0.25) is 0 Å². The third kappa shape index (κ3) is 1.16. The Bertz CT molecular complexity index is 230. The highest BCUT2D eigenvalue weighted by molar-refractivity contribution is 6.31. The van der Waals surface area contributed by atoms with Crippen LogP contribution >= 0.6 is 11.6 Å². The Hall–Kier alpha value is -0.770. The van der Waals surface area contributed by atoms with Crippen LogP contribution in [-0.4, -0.2) is 0 Å². The van der Waals surface area contributed by atoms with Crippen LogP contribution in [0.15, 0.2) is 0 Å². The van der Waals surface area contributed by atoms with Crippen molar-refractivity contribution in [1.29, 1.82) is 0 Å². The zero-order valence-corrected chi connectivity index (χ0v) is 6.65. The fraction of sp³-hybridized carbons (Fsp3) is 0.143. The number of rotatable bonds is 0. The van der Waals surface area contributed by atoms with Gasteiger partial charge in [-0.2, -0.15) is 0 Å². The summed E-state index contributed by atoms with van der Waals surface area (Å²) in [6.07, 6.45) is 0. The summed E-state index contributed by atoms with van der Waals surface area (Å²) in [6.45, 7) is 0.971. The lowest BCUT2D eigenvalue weighted by Gasteiger charge is -2.03. The van der Waals surface area contributed by atoms with Crippen molar-refractivity contribution in [2.75, 3.05) is 0 Å². The van der Waals surface area contributed by atoms with Gasteiger partial charge in [0.05, 0.1) is 0 Å². The van der Waals surface area contributed by atoms with Gasteiger partial charge in [0.15, 0.2) is 23.3 Å². The highest BCUT2D eigenvalue weighted by atomic mass is 35.5. The second kappa shape index (κ2) is 2.94. The Morgan fingerprint density at radius 1 is 0.833 bits per heavy atom. The molecule has 0 aliphatic carbocycles. The normalized spacial score (nSPS) is 10.5. The Morgan fingerprint density at radius 2 is 1.33 bits per heavy atom. The number of benzene rings is 1. The Balaban J connectivity index is 3.60. The summed E-state index contributed by atoms with van der Waals surface area (Å²) in [6, 6.07) is 0. The minimum atomic E-state index is -1.75. The van der Waals surface area contributed by atoms with Gasteiger partial charge in [0.25, 0.3) is 0 Å². The number of hydrogen-bond donors (Lipinski definition) is 0. The van der Waals surface area contributed by atoms with Crippen molar-refractivity contribution in [3.63, 3.8) is 0 Å². The Morgan fingerprint density at radius 3 is 1.83 bits per heavy atom. The van der Waals surface area contributed by atoms with E-state index in [2.05, 4.69) is 0 Å². The van der Waals surface area contributed by atoms with E-state index >= 15 is 0 Å². The molecule has 5 heteroatoms. The molecule has 1 aromatic rings. The molecule has 0 aliphatic heterocycles. The van der Waals surface area contributed by atoms with E-state index in [0.717, 1.165) is 6.92 Å². The van der Waals surface area contributed by atoms with Gasteiger partial charge in [0.1, 0.15) is 5.02 Å². The molecule has 1 rings (SSSR count). The van der Waals surface area contributed by atoms with E-state index in [1.54, 1.807) is 0 Å². The first kappa shape index (κ1) is 9.32. The first-order valence-electron chi connectivity index (χ1n) is 2.94. The molecular formula is C7H3ClF4. The van der Waals surface area contributed by atoms with Crippen LogP contribution in [0.25, 0.3) is 0 Å². The monoisotopic (exact) mass is 198 g/mol. The molecule has 0 amide bonds. The van der Waals surface area contributed by atoms with Gasteiger partial charge in [0.2, 0.25) is 0 Å². The summed E-state index contributed by atoms with van der Waals surface area (Å²) in [4.78, 5) is 0. The fourth-order valence-electron chi connectivity index (χ4n) is 0.715. The van der Waals surface area contributed by atoms with Gasteiger partial charge in [-0.1, -0.05) is 11.6 Å². The lowest BCUT2D eigenvalue weighted by atomic mass is 10.2. The van der Waals surface area contributed by atoms with Crippen LogP contribution in [0.2, 0.25) is 5.02 Å². The van der Waals surface area contributed by atoms with Crippen LogP contribution in [0, 0.1) is 30.2 Å². The average Bonchev–Trinajstić information content (AvgIpc) is 2.08. The molecule has 0 aliphatic rings. The zero-order valence-electron chi connectivity index (χ0n) is 5.89. The van der Waals surface area contributed by atoms with Crippen molar-refractivity contribution in [2.45, 2.75) is 6.92 Å². The predicted octanol–water partition coefficient (Wildman–Crippen LogP) is 3.20. The molecule has 0 fully saturated rings. The van der Waals surface area contributed by atoms with E-state index in [0.29, 0.717) is 0 Å². The molecule has 0 unspecified atom stereocenters. The molecule has 0 aromatic heterocycles. The topological polar surface area (TPSA) is 0 Å². The van der Waals surface area contributed by atoms with Crippen LogP contribution in [0.1, 0.15) is 5.56 Å². The summed E-state index contributed by atoms with van der Waals surface area (Å²) in [5.74, 6) is -6.27. The van der Waals surface area contributed by atoms with Crippen LogP contribution in [0.4, 0.5) is 17.6 Å². The zero-order chi connectivity index (χ0) is 9.46. The largest absolute Gasteiger partial charge is 0.205 e. The Labute approximate surface area is 70.8 Å². The molecule has 0 N–H and O–H groups in total. The standard InChI is InChI=1S/C7H3ClF4/c1-2-4(9)3(8)6(11)7(12)5(2)10/h1H3. The molecule has 0 saturated carbocycles. The van der Waals surface area contributed by atoms with E-state index in [1.165, 1.54) is 0 Å². The van der Waals surface area contributed by atoms with Crippen LogP contribution < -0.4 is 0 Å². The fourth-order valence-corrected chi connectivity index (χ4v) is 0.939. The van der Waals surface area contributed by atoms with Gasteiger partial charge < -0.3 is 0 Å². The Kier molecular flexibility index (Phi) is 2.28. The van der Waals surface area contributed by atoms with Gasteiger partial charge in [-0.25, -0.2) is 17.6 Å². The molecule has 0 heterocycles. The molecule has 0 nitrogen and oxygen atoms in total. The maximum absolute atomic E-state index is 12.7. The summed E-state index contributed by atoms with van der Waals surface area (Å²) in [7, 11) is 0. The highest BCUT2D eigenvalue weighted by Gasteiger charge is 2.21. The second-order valence-corrected chi connectivity index (χ2v) is 2.57. The molecule has 66 valence electrons. The molecule has 0 saturated heterocycles. The first-order chi connectivity index (χ1) is 5.46. The smallest absolute Gasteiger partial charge is 0.196 e. The van der Waals surface area contributed by atoms with Crippen molar-refractivity contribution >= 4 is 11.6 Å². The minimum Gasteiger partial charge on any atom is -0.205 e. The molecule has 0 radical (unpaired) electrons. The van der Waals surface area contributed by atoms with Crippen molar-refractivity contribution in [3.05, 3.63) is 33.9 Å². The molecule has 1 aromatic carbocycles. The summed E-state index contributed by atoms with van der Waals surface area (Å²) < 4.78 is 50.0. The first-order valence-corrected chi connectivity index (χ1v) is 3.32. The molecule has 12 heavy (non-hydrogen) atoms. The summed E-state index contributed by atoms with van der Waals surface area (Å²) in [5.41, 5.74) is -0.626. The third-order valence-electron chi connectivity index (χ3n) is 1.43.